The van der Waals surface area contributed by atoms with E-state index < -0.39 is 0 Å². The van der Waals surface area contributed by atoms with E-state index in [1.54, 1.807) is 17.4 Å². The topological polar surface area (TPSA) is 32.3 Å². The van der Waals surface area contributed by atoms with Crippen LogP contribution < -0.4 is 5.32 Å². The summed E-state index contributed by atoms with van der Waals surface area (Å²) < 4.78 is 1.08. The predicted molar refractivity (Wildman–Crippen MR) is 88.9 cm³/mol. The first kappa shape index (κ1) is 15.7. The molecule has 1 aliphatic heterocycles. The van der Waals surface area contributed by atoms with Gasteiger partial charge in [-0.25, -0.2) is 0 Å². The molecule has 1 aliphatic rings. The maximum atomic E-state index is 11.9. The van der Waals surface area contributed by atoms with Crippen molar-refractivity contribution in [2.75, 3.05) is 19.6 Å². The number of thiophene rings is 1. The van der Waals surface area contributed by atoms with Gasteiger partial charge in [-0.15, -0.1) is 11.3 Å². The van der Waals surface area contributed by atoms with Crippen molar-refractivity contribution in [1.29, 1.82) is 0 Å². The molecule has 0 aromatic carbocycles. The molecular formula is C15H21BrN2OS. The summed E-state index contributed by atoms with van der Waals surface area (Å²) in [5.41, 5.74) is 0. The number of hydrogen-bond donors (Lipinski definition) is 1. The third-order valence-electron chi connectivity index (χ3n) is 3.47. The maximum absolute atomic E-state index is 11.9. The molecule has 0 radical (unpaired) electrons. The van der Waals surface area contributed by atoms with Gasteiger partial charge in [0.15, 0.2) is 0 Å². The van der Waals surface area contributed by atoms with E-state index in [-0.39, 0.29) is 5.91 Å². The second-order valence-electron chi connectivity index (χ2n) is 5.10. The van der Waals surface area contributed by atoms with Crippen molar-refractivity contribution < 1.29 is 4.79 Å². The number of piperidine rings is 1. The number of nitrogens with one attached hydrogen (secondary N) is 1. The summed E-state index contributed by atoms with van der Waals surface area (Å²) >= 11 is 5.04. The lowest BCUT2D eigenvalue weighted by molar-refractivity contribution is -0.117. The van der Waals surface area contributed by atoms with Crippen molar-refractivity contribution in [1.82, 2.24) is 10.2 Å². The Hall–Kier alpha value is -0.650. The van der Waals surface area contributed by atoms with Crippen LogP contribution >= 0.6 is 27.3 Å². The normalized spacial score (nSPS) is 17.7. The van der Waals surface area contributed by atoms with Crippen LogP contribution in [-0.4, -0.2) is 36.5 Å². The first-order valence-corrected chi connectivity index (χ1v) is 8.74. The molecule has 0 aliphatic carbocycles. The van der Waals surface area contributed by atoms with Crippen LogP contribution in [0, 0.1) is 0 Å². The molecule has 20 heavy (non-hydrogen) atoms. The molecule has 1 N–H and O–H groups in total. The van der Waals surface area contributed by atoms with Crippen LogP contribution in [0.3, 0.4) is 0 Å². The quantitative estimate of drug-likeness (QED) is 0.818. The molecule has 1 aromatic heterocycles. The third kappa shape index (κ3) is 5.04. The van der Waals surface area contributed by atoms with Gasteiger partial charge in [-0.3, -0.25) is 4.79 Å². The highest BCUT2D eigenvalue weighted by Crippen LogP contribution is 2.22. The van der Waals surface area contributed by atoms with E-state index in [0.29, 0.717) is 6.04 Å². The Bertz CT molecular complexity index is 464. The molecule has 1 aromatic rings. The van der Waals surface area contributed by atoms with Crippen LogP contribution in [0.25, 0.3) is 6.08 Å². The smallest absolute Gasteiger partial charge is 0.244 e. The Balaban J connectivity index is 1.74. The molecule has 1 amide bonds. The van der Waals surface area contributed by atoms with Gasteiger partial charge in [-0.1, -0.05) is 6.92 Å². The van der Waals surface area contributed by atoms with Crippen LogP contribution in [0.4, 0.5) is 0 Å². The van der Waals surface area contributed by atoms with E-state index in [9.17, 15) is 4.79 Å². The fraction of sp³-hybridized carbons (Fsp3) is 0.533. The van der Waals surface area contributed by atoms with Gasteiger partial charge in [0.1, 0.15) is 0 Å². The molecule has 0 spiro atoms. The average Bonchev–Trinajstić information content (AvgIpc) is 2.85. The zero-order chi connectivity index (χ0) is 14.4. The fourth-order valence-electron chi connectivity index (χ4n) is 2.44. The SMILES string of the molecule is CCCN1CCC(NC(=O)/C=C/c2ccc(Br)s2)CC1. The number of halogens is 1. The number of likely N-dealkylation sites (tertiary alicyclic amines) is 1. The van der Waals surface area contributed by atoms with E-state index in [2.05, 4.69) is 33.1 Å². The molecule has 3 nitrogen and oxygen atoms in total. The average molecular weight is 357 g/mol. The van der Waals surface area contributed by atoms with Crippen molar-refractivity contribution in [2.24, 2.45) is 0 Å². The molecule has 1 fully saturated rings. The van der Waals surface area contributed by atoms with Gasteiger partial charge in [0, 0.05) is 30.1 Å². The number of hydrogen-bond acceptors (Lipinski definition) is 3. The highest BCUT2D eigenvalue weighted by Gasteiger charge is 2.19. The van der Waals surface area contributed by atoms with Crippen molar-refractivity contribution >= 4 is 39.2 Å². The Labute approximate surface area is 133 Å². The number of rotatable bonds is 5. The number of carbonyl (C=O) groups excluding carboxylic acids is 1. The second kappa shape index (κ2) is 7.96. The summed E-state index contributed by atoms with van der Waals surface area (Å²) in [6.45, 7) is 5.58. The highest BCUT2D eigenvalue weighted by molar-refractivity contribution is 9.11. The molecule has 0 bridgehead atoms. The van der Waals surface area contributed by atoms with Gasteiger partial charge < -0.3 is 10.2 Å². The van der Waals surface area contributed by atoms with Gasteiger partial charge in [-0.2, -0.15) is 0 Å². The first-order valence-electron chi connectivity index (χ1n) is 7.13. The van der Waals surface area contributed by atoms with Gasteiger partial charge in [0.25, 0.3) is 0 Å². The van der Waals surface area contributed by atoms with Crippen molar-refractivity contribution in [3.05, 3.63) is 26.9 Å². The lowest BCUT2D eigenvalue weighted by atomic mass is 10.0. The minimum absolute atomic E-state index is 0.0171. The van der Waals surface area contributed by atoms with Gasteiger partial charge in [0.05, 0.1) is 3.79 Å². The lowest BCUT2D eigenvalue weighted by Gasteiger charge is -2.31. The van der Waals surface area contributed by atoms with E-state index in [4.69, 9.17) is 0 Å². The van der Waals surface area contributed by atoms with E-state index >= 15 is 0 Å². The van der Waals surface area contributed by atoms with Crippen LogP contribution in [0.1, 0.15) is 31.1 Å². The van der Waals surface area contributed by atoms with Crippen LogP contribution in [0.15, 0.2) is 22.0 Å². The monoisotopic (exact) mass is 356 g/mol. The predicted octanol–water partition coefficient (Wildman–Crippen LogP) is 3.51. The van der Waals surface area contributed by atoms with Crippen LogP contribution in [-0.2, 0) is 4.79 Å². The molecule has 1 saturated heterocycles. The van der Waals surface area contributed by atoms with Crippen molar-refractivity contribution in [3.8, 4) is 0 Å². The summed E-state index contributed by atoms with van der Waals surface area (Å²) in [6, 6.07) is 4.32. The minimum Gasteiger partial charge on any atom is -0.350 e. The second-order valence-corrected chi connectivity index (χ2v) is 7.59. The third-order valence-corrected chi connectivity index (χ3v) is 5.06. The summed E-state index contributed by atoms with van der Waals surface area (Å²) in [7, 11) is 0. The Kier molecular flexibility index (Phi) is 6.26. The molecule has 2 heterocycles. The van der Waals surface area contributed by atoms with Crippen LogP contribution in [0.2, 0.25) is 0 Å². The fourth-order valence-corrected chi connectivity index (χ4v) is 3.77. The zero-order valence-corrected chi connectivity index (χ0v) is 14.2. The highest BCUT2D eigenvalue weighted by atomic mass is 79.9. The largest absolute Gasteiger partial charge is 0.350 e. The van der Waals surface area contributed by atoms with E-state index in [1.807, 2.05) is 18.2 Å². The number of nitrogens with zero attached hydrogens (tertiary/aromatic N) is 1. The molecule has 0 saturated carbocycles. The van der Waals surface area contributed by atoms with Gasteiger partial charge in [-0.05, 0) is 59.9 Å². The summed E-state index contributed by atoms with van der Waals surface area (Å²) in [4.78, 5) is 15.4. The van der Waals surface area contributed by atoms with Gasteiger partial charge >= 0.3 is 0 Å². The molecule has 0 unspecified atom stereocenters. The first-order chi connectivity index (χ1) is 9.67. The molecule has 5 heteroatoms. The molecule has 0 atom stereocenters. The summed E-state index contributed by atoms with van der Waals surface area (Å²) in [5.74, 6) is 0.0171. The Morgan fingerprint density at radius 2 is 2.25 bits per heavy atom. The molecular weight excluding hydrogens is 336 g/mol. The summed E-state index contributed by atoms with van der Waals surface area (Å²) in [5, 5.41) is 3.10. The number of carbonyl (C=O) groups is 1. The molecule has 2 rings (SSSR count). The molecule has 110 valence electrons. The van der Waals surface area contributed by atoms with Crippen LogP contribution in [0.5, 0.6) is 0 Å². The van der Waals surface area contributed by atoms with Crippen molar-refractivity contribution in [3.63, 3.8) is 0 Å². The van der Waals surface area contributed by atoms with Crippen molar-refractivity contribution in [2.45, 2.75) is 32.2 Å². The Morgan fingerprint density at radius 1 is 1.50 bits per heavy atom. The summed E-state index contributed by atoms with van der Waals surface area (Å²) in [6.07, 6.45) is 6.83. The standard InChI is InChI=1S/C15H21BrN2OS/c1-2-9-18-10-7-12(8-11-18)17-15(19)6-4-13-3-5-14(16)20-13/h3-6,12H,2,7-11H2,1H3,(H,17,19)/b6-4+. The van der Waals surface area contributed by atoms with E-state index in [0.717, 1.165) is 34.6 Å². The number of amides is 1. The maximum Gasteiger partial charge on any atom is 0.244 e. The lowest BCUT2D eigenvalue weighted by Crippen LogP contribution is -2.44. The van der Waals surface area contributed by atoms with E-state index in [1.165, 1.54) is 13.0 Å². The minimum atomic E-state index is 0.0171. The Morgan fingerprint density at radius 3 is 2.85 bits per heavy atom. The van der Waals surface area contributed by atoms with Gasteiger partial charge in [0.2, 0.25) is 5.91 Å². The zero-order valence-electron chi connectivity index (χ0n) is 11.8.